The van der Waals surface area contributed by atoms with Gasteiger partial charge in [-0.05, 0) is 45.4 Å². The molecule has 2 aliphatic rings. The number of carbonyl (C=O) groups is 2. The van der Waals surface area contributed by atoms with E-state index in [0.717, 1.165) is 11.1 Å². The van der Waals surface area contributed by atoms with E-state index in [-0.39, 0.29) is 23.7 Å². The number of hydrogen-bond donors (Lipinski definition) is 0. The van der Waals surface area contributed by atoms with Crippen molar-refractivity contribution in [2.24, 2.45) is 5.92 Å². The molecule has 3 heterocycles. The highest BCUT2D eigenvalue weighted by Crippen LogP contribution is 2.28. The second kappa shape index (κ2) is 8.32. The lowest BCUT2D eigenvalue weighted by Crippen LogP contribution is -2.51. The van der Waals surface area contributed by atoms with Crippen LogP contribution in [-0.2, 0) is 9.53 Å². The fourth-order valence-electron chi connectivity index (χ4n) is 4.26. The van der Waals surface area contributed by atoms with Crippen molar-refractivity contribution >= 4 is 28.6 Å². The van der Waals surface area contributed by atoms with Gasteiger partial charge in [-0.25, -0.2) is 9.18 Å². The Morgan fingerprint density at radius 2 is 1.81 bits per heavy atom. The summed E-state index contributed by atoms with van der Waals surface area (Å²) in [6.45, 7) is 9.11. The van der Waals surface area contributed by atoms with Crippen molar-refractivity contribution in [3.05, 3.63) is 36.3 Å². The maximum absolute atomic E-state index is 13.5. The van der Waals surface area contributed by atoms with Gasteiger partial charge in [0.05, 0.1) is 11.4 Å². The summed E-state index contributed by atoms with van der Waals surface area (Å²) in [5, 5.41) is 0.910. The molecule has 166 valence electrons. The molecule has 7 nitrogen and oxygen atoms in total. The molecule has 1 aromatic heterocycles. The average molecular weight is 429 g/mol. The minimum absolute atomic E-state index is 0.104. The lowest BCUT2D eigenvalue weighted by Gasteiger charge is -2.37. The number of rotatable bonds is 2. The summed E-state index contributed by atoms with van der Waals surface area (Å²) >= 11 is 0. The topological polar surface area (TPSA) is 66.0 Å². The zero-order valence-electron chi connectivity index (χ0n) is 18.3. The number of aromatic nitrogens is 1. The molecule has 1 atom stereocenters. The summed E-state index contributed by atoms with van der Waals surface area (Å²) in [5.41, 5.74) is 1.09. The number of halogens is 1. The second-order valence-corrected chi connectivity index (χ2v) is 9.22. The summed E-state index contributed by atoms with van der Waals surface area (Å²) in [4.78, 5) is 35.3. The molecule has 2 amide bonds. The van der Waals surface area contributed by atoms with Crippen LogP contribution in [-0.4, -0.2) is 71.7 Å². The molecule has 0 saturated carbocycles. The van der Waals surface area contributed by atoms with Gasteiger partial charge in [-0.3, -0.25) is 9.78 Å². The first-order valence-electron chi connectivity index (χ1n) is 10.8. The van der Waals surface area contributed by atoms with Gasteiger partial charge in [0.25, 0.3) is 0 Å². The van der Waals surface area contributed by atoms with Crippen LogP contribution in [0.5, 0.6) is 0 Å². The van der Waals surface area contributed by atoms with E-state index in [4.69, 9.17) is 4.74 Å². The molecule has 0 bridgehead atoms. The van der Waals surface area contributed by atoms with Crippen LogP contribution in [0, 0.1) is 11.7 Å². The summed E-state index contributed by atoms with van der Waals surface area (Å²) in [5.74, 6) is -0.374. The van der Waals surface area contributed by atoms with Crippen LogP contribution in [0.2, 0.25) is 0 Å². The lowest BCUT2D eigenvalue weighted by molar-refractivity contribution is -0.135. The monoisotopic (exact) mass is 428 g/mol. The van der Waals surface area contributed by atoms with E-state index in [9.17, 15) is 14.0 Å². The predicted molar refractivity (Wildman–Crippen MR) is 116 cm³/mol. The number of anilines is 1. The quantitative estimate of drug-likeness (QED) is 0.735. The fourth-order valence-corrected chi connectivity index (χ4v) is 4.26. The first-order chi connectivity index (χ1) is 14.7. The molecule has 2 aliphatic heterocycles. The van der Waals surface area contributed by atoms with E-state index in [0.29, 0.717) is 51.2 Å². The molecule has 2 saturated heterocycles. The van der Waals surface area contributed by atoms with Crippen LogP contribution in [0.25, 0.3) is 10.9 Å². The summed E-state index contributed by atoms with van der Waals surface area (Å²) in [7, 11) is 0. The van der Waals surface area contributed by atoms with Crippen LogP contribution in [0.15, 0.2) is 30.5 Å². The van der Waals surface area contributed by atoms with Crippen molar-refractivity contribution in [2.45, 2.75) is 32.8 Å². The SMILES string of the molecule is CC(C)(C)OC(=O)N1CC[C@@H](C(=O)N2CCN(c3ccnc4cc(F)ccc34)CC2)C1. The normalized spacial score (nSPS) is 19.7. The van der Waals surface area contributed by atoms with Gasteiger partial charge in [0.1, 0.15) is 11.4 Å². The number of nitrogens with zero attached hydrogens (tertiary/aromatic N) is 4. The van der Waals surface area contributed by atoms with Crippen LogP contribution in [0.3, 0.4) is 0 Å². The maximum Gasteiger partial charge on any atom is 0.410 e. The van der Waals surface area contributed by atoms with Gasteiger partial charge in [-0.15, -0.1) is 0 Å². The molecule has 2 aromatic rings. The number of benzene rings is 1. The second-order valence-electron chi connectivity index (χ2n) is 9.22. The molecule has 0 aliphatic carbocycles. The first kappa shape index (κ1) is 21.3. The minimum atomic E-state index is -0.543. The van der Waals surface area contributed by atoms with Gasteiger partial charge < -0.3 is 19.4 Å². The summed E-state index contributed by atoms with van der Waals surface area (Å²) in [6, 6.07) is 6.58. The zero-order valence-corrected chi connectivity index (χ0v) is 18.3. The van der Waals surface area contributed by atoms with Gasteiger partial charge in [0.2, 0.25) is 5.91 Å². The highest BCUT2D eigenvalue weighted by molar-refractivity contribution is 5.91. The number of hydrogen-bond acceptors (Lipinski definition) is 5. The first-order valence-corrected chi connectivity index (χ1v) is 10.8. The number of carbonyl (C=O) groups excluding carboxylic acids is 2. The number of likely N-dealkylation sites (tertiary alicyclic amines) is 1. The van der Waals surface area contributed by atoms with Crippen LogP contribution in [0.1, 0.15) is 27.2 Å². The maximum atomic E-state index is 13.5. The molecule has 8 heteroatoms. The Kier molecular flexibility index (Phi) is 5.73. The largest absolute Gasteiger partial charge is 0.444 e. The predicted octanol–water partition coefficient (Wildman–Crippen LogP) is 3.28. The third-order valence-electron chi connectivity index (χ3n) is 5.80. The van der Waals surface area contributed by atoms with Crippen LogP contribution >= 0.6 is 0 Å². The molecule has 1 aromatic carbocycles. The Hall–Kier alpha value is -2.90. The molecule has 0 N–H and O–H groups in total. The summed E-state index contributed by atoms with van der Waals surface area (Å²) in [6.07, 6.45) is 2.01. The Morgan fingerprint density at radius 3 is 2.52 bits per heavy atom. The standard InChI is InChI=1S/C23H29FN4O3/c1-23(2,3)31-22(30)28-9-7-16(15-28)21(29)27-12-10-26(11-13-27)20-6-8-25-19-14-17(24)4-5-18(19)20/h4-6,8,14,16H,7,9-13,15H2,1-3H3/t16-/m1/s1. The van der Waals surface area contributed by atoms with Gasteiger partial charge >= 0.3 is 6.09 Å². The number of fused-ring (bicyclic) bond motifs is 1. The average Bonchev–Trinajstić information content (AvgIpc) is 3.22. The van der Waals surface area contributed by atoms with Crippen LogP contribution in [0.4, 0.5) is 14.9 Å². The molecule has 4 rings (SSSR count). The molecule has 31 heavy (non-hydrogen) atoms. The molecule has 0 radical (unpaired) electrons. The molecule has 0 spiro atoms. The third kappa shape index (κ3) is 4.73. The summed E-state index contributed by atoms with van der Waals surface area (Å²) < 4.78 is 19.0. The zero-order chi connectivity index (χ0) is 22.2. The van der Waals surface area contributed by atoms with Gasteiger partial charge in [-0.1, -0.05) is 0 Å². The van der Waals surface area contributed by atoms with Crippen LogP contribution < -0.4 is 4.90 Å². The number of ether oxygens (including phenoxy) is 1. The van der Waals surface area contributed by atoms with Gasteiger partial charge in [-0.2, -0.15) is 0 Å². The molecule has 0 unspecified atom stereocenters. The van der Waals surface area contributed by atoms with E-state index in [2.05, 4.69) is 9.88 Å². The number of amides is 2. The Labute approximate surface area is 181 Å². The van der Waals surface area contributed by atoms with E-state index in [1.165, 1.54) is 12.1 Å². The van der Waals surface area contributed by atoms with Gasteiger partial charge in [0, 0.05) is 62.6 Å². The van der Waals surface area contributed by atoms with Gasteiger partial charge in [0.15, 0.2) is 0 Å². The smallest absolute Gasteiger partial charge is 0.410 e. The molecular formula is C23H29FN4O3. The van der Waals surface area contributed by atoms with E-state index < -0.39 is 5.60 Å². The van der Waals surface area contributed by atoms with E-state index in [1.807, 2.05) is 31.7 Å². The van der Waals surface area contributed by atoms with Crippen molar-refractivity contribution in [1.29, 1.82) is 0 Å². The Balaban J connectivity index is 1.35. The molecule has 2 fully saturated rings. The highest BCUT2D eigenvalue weighted by Gasteiger charge is 2.36. The van der Waals surface area contributed by atoms with E-state index >= 15 is 0 Å². The lowest BCUT2D eigenvalue weighted by atomic mass is 10.1. The minimum Gasteiger partial charge on any atom is -0.444 e. The van der Waals surface area contributed by atoms with Crippen molar-refractivity contribution in [3.8, 4) is 0 Å². The van der Waals surface area contributed by atoms with Crippen molar-refractivity contribution in [3.63, 3.8) is 0 Å². The Bertz CT molecular complexity index is 982. The van der Waals surface area contributed by atoms with E-state index in [1.54, 1.807) is 17.2 Å². The van der Waals surface area contributed by atoms with Crippen molar-refractivity contribution in [2.75, 3.05) is 44.2 Å². The number of piperazine rings is 1. The third-order valence-corrected chi connectivity index (χ3v) is 5.80. The highest BCUT2D eigenvalue weighted by atomic mass is 19.1. The Morgan fingerprint density at radius 1 is 1.06 bits per heavy atom. The molecular weight excluding hydrogens is 399 g/mol. The van der Waals surface area contributed by atoms with Crippen molar-refractivity contribution in [1.82, 2.24) is 14.8 Å². The number of pyridine rings is 1. The van der Waals surface area contributed by atoms with Crippen molar-refractivity contribution < 1.29 is 18.7 Å². The fraction of sp³-hybridized carbons (Fsp3) is 0.522.